The Morgan fingerprint density at radius 3 is 2.12 bits per heavy atom. The van der Waals surface area contributed by atoms with Crippen molar-refractivity contribution >= 4 is 5.78 Å². The van der Waals surface area contributed by atoms with Crippen LogP contribution in [0.15, 0.2) is 48.6 Å². The van der Waals surface area contributed by atoms with Gasteiger partial charge in [-0.15, -0.1) is 0 Å². The number of ketones is 1. The second-order valence-electron chi connectivity index (χ2n) is 6.74. The first-order chi connectivity index (χ1) is 11.4. The average molecular weight is 320 g/mol. The molecule has 0 spiro atoms. The van der Waals surface area contributed by atoms with Crippen molar-refractivity contribution in [2.45, 2.75) is 47.5 Å². The smallest absolute Gasteiger partial charge is 0.164 e. The van der Waals surface area contributed by atoms with E-state index in [1.807, 2.05) is 13.0 Å². The predicted molar refractivity (Wildman–Crippen MR) is 103 cm³/mol. The first kappa shape index (κ1) is 18.2. The fraction of sp³-hybridized carbons (Fsp3) is 0.348. The molecular weight excluding hydrogens is 292 g/mol. The molecule has 0 saturated heterocycles. The van der Waals surface area contributed by atoms with Gasteiger partial charge in [-0.25, -0.2) is 0 Å². The van der Waals surface area contributed by atoms with Crippen molar-refractivity contribution in [2.24, 2.45) is 5.92 Å². The summed E-state index contributed by atoms with van der Waals surface area (Å²) >= 11 is 0. The Labute approximate surface area is 146 Å². The van der Waals surface area contributed by atoms with E-state index in [-0.39, 0.29) is 11.7 Å². The van der Waals surface area contributed by atoms with Crippen LogP contribution in [0.2, 0.25) is 0 Å². The number of aryl methyl sites for hydroxylation is 2. The summed E-state index contributed by atoms with van der Waals surface area (Å²) in [6, 6.07) is 12.6. The van der Waals surface area contributed by atoms with Crippen molar-refractivity contribution in [2.75, 3.05) is 0 Å². The minimum Gasteiger partial charge on any atom is -0.294 e. The van der Waals surface area contributed by atoms with E-state index in [0.29, 0.717) is 6.42 Å². The number of benzene rings is 2. The van der Waals surface area contributed by atoms with Crippen LogP contribution >= 0.6 is 0 Å². The average Bonchev–Trinajstić information content (AvgIpc) is 2.54. The molecule has 2 aromatic rings. The number of hydrogen-bond acceptors (Lipinski definition) is 1. The third-order valence-electron chi connectivity index (χ3n) is 4.90. The third-order valence-corrected chi connectivity index (χ3v) is 4.90. The summed E-state index contributed by atoms with van der Waals surface area (Å²) in [6.45, 7) is 10.3. The Balaban J connectivity index is 2.26. The van der Waals surface area contributed by atoms with Crippen molar-refractivity contribution in [3.8, 4) is 0 Å². The zero-order valence-corrected chi connectivity index (χ0v) is 15.5. The van der Waals surface area contributed by atoms with Gasteiger partial charge in [-0.1, -0.05) is 48.6 Å². The maximum absolute atomic E-state index is 13.0. The normalized spacial score (nSPS) is 12.5. The van der Waals surface area contributed by atoms with Crippen LogP contribution in [-0.2, 0) is 6.42 Å². The molecule has 0 heterocycles. The molecule has 1 atom stereocenters. The standard InChI is InChI=1S/C23H28O/c1-6-10-21(14-20-11-8-7-9-12-20)15-22(24)23-18(4)16(2)13-17(3)19(23)5/h6-13,21H,14-15H2,1-5H3/b10-6+. The van der Waals surface area contributed by atoms with Crippen molar-refractivity contribution in [3.63, 3.8) is 0 Å². The fourth-order valence-corrected chi connectivity index (χ4v) is 3.37. The van der Waals surface area contributed by atoms with Crippen molar-refractivity contribution in [3.05, 3.63) is 81.9 Å². The van der Waals surface area contributed by atoms with Crippen LogP contribution in [0.1, 0.15) is 51.5 Å². The Morgan fingerprint density at radius 2 is 1.58 bits per heavy atom. The van der Waals surface area contributed by atoms with Gasteiger partial charge in [-0.3, -0.25) is 4.79 Å². The SMILES string of the molecule is C/C=C/C(CC(=O)c1c(C)c(C)cc(C)c1C)Cc1ccccc1. The van der Waals surface area contributed by atoms with Gasteiger partial charge in [-0.2, -0.15) is 0 Å². The fourth-order valence-electron chi connectivity index (χ4n) is 3.37. The maximum Gasteiger partial charge on any atom is 0.164 e. The van der Waals surface area contributed by atoms with Crippen LogP contribution in [0.5, 0.6) is 0 Å². The van der Waals surface area contributed by atoms with Crippen LogP contribution in [0.4, 0.5) is 0 Å². The Bertz CT molecular complexity index is 712. The summed E-state index contributed by atoms with van der Waals surface area (Å²) in [5.41, 5.74) is 6.86. The topological polar surface area (TPSA) is 17.1 Å². The lowest BCUT2D eigenvalue weighted by atomic mass is 9.86. The molecule has 0 aliphatic carbocycles. The van der Waals surface area contributed by atoms with Gasteiger partial charge < -0.3 is 0 Å². The van der Waals surface area contributed by atoms with E-state index < -0.39 is 0 Å². The number of Topliss-reactive ketones (excluding diaryl/α,β-unsaturated/α-hetero) is 1. The van der Waals surface area contributed by atoms with Crippen molar-refractivity contribution in [1.82, 2.24) is 0 Å². The molecule has 0 aliphatic heterocycles. The summed E-state index contributed by atoms with van der Waals surface area (Å²) in [5, 5.41) is 0. The minimum absolute atomic E-state index is 0.240. The lowest BCUT2D eigenvalue weighted by Crippen LogP contribution is -2.13. The monoisotopic (exact) mass is 320 g/mol. The van der Waals surface area contributed by atoms with Gasteiger partial charge in [0.2, 0.25) is 0 Å². The predicted octanol–water partition coefficient (Wildman–Crippen LogP) is 5.93. The first-order valence-corrected chi connectivity index (χ1v) is 8.71. The third kappa shape index (κ3) is 4.23. The van der Waals surface area contributed by atoms with E-state index >= 15 is 0 Å². The quantitative estimate of drug-likeness (QED) is 0.476. The molecule has 0 fully saturated rings. The molecule has 2 rings (SSSR count). The molecule has 24 heavy (non-hydrogen) atoms. The minimum atomic E-state index is 0.240. The van der Waals surface area contributed by atoms with Gasteiger partial charge in [0.05, 0.1) is 0 Å². The highest BCUT2D eigenvalue weighted by atomic mass is 16.1. The van der Waals surface area contributed by atoms with Gasteiger partial charge in [0.15, 0.2) is 5.78 Å². The molecule has 0 aromatic heterocycles. The molecule has 0 amide bonds. The van der Waals surface area contributed by atoms with Gasteiger partial charge in [0.1, 0.15) is 0 Å². The summed E-state index contributed by atoms with van der Waals surface area (Å²) in [4.78, 5) is 13.0. The second-order valence-corrected chi connectivity index (χ2v) is 6.74. The molecule has 0 bridgehead atoms. The van der Waals surface area contributed by atoms with Crippen LogP contribution in [0.25, 0.3) is 0 Å². The second kappa shape index (κ2) is 8.10. The molecule has 0 saturated carbocycles. The van der Waals surface area contributed by atoms with E-state index in [9.17, 15) is 4.79 Å². The highest BCUT2D eigenvalue weighted by Crippen LogP contribution is 2.25. The van der Waals surface area contributed by atoms with E-state index in [4.69, 9.17) is 0 Å². The molecule has 1 heteroatoms. The van der Waals surface area contributed by atoms with Crippen molar-refractivity contribution in [1.29, 1.82) is 0 Å². The molecule has 1 nitrogen and oxygen atoms in total. The summed E-state index contributed by atoms with van der Waals surface area (Å²) in [5.74, 6) is 0.500. The van der Waals surface area contributed by atoms with Crippen LogP contribution < -0.4 is 0 Å². The van der Waals surface area contributed by atoms with E-state index in [0.717, 1.165) is 23.1 Å². The Kier molecular flexibility index (Phi) is 6.14. The molecule has 0 radical (unpaired) electrons. The summed E-state index contributed by atoms with van der Waals surface area (Å²) < 4.78 is 0. The van der Waals surface area contributed by atoms with E-state index in [1.54, 1.807) is 0 Å². The molecule has 0 aliphatic rings. The van der Waals surface area contributed by atoms with Gasteiger partial charge >= 0.3 is 0 Å². The Morgan fingerprint density at radius 1 is 1.00 bits per heavy atom. The van der Waals surface area contributed by atoms with E-state index in [2.05, 4.69) is 70.2 Å². The number of hydrogen-bond donors (Lipinski definition) is 0. The van der Waals surface area contributed by atoms with Gasteiger partial charge in [0.25, 0.3) is 0 Å². The highest BCUT2D eigenvalue weighted by molar-refractivity contribution is 5.99. The lowest BCUT2D eigenvalue weighted by Gasteiger charge is -2.17. The number of carbonyl (C=O) groups is 1. The number of rotatable bonds is 6. The van der Waals surface area contributed by atoms with Crippen molar-refractivity contribution < 1.29 is 4.79 Å². The molecule has 0 N–H and O–H groups in total. The summed E-state index contributed by atoms with van der Waals surface area (Å²) in [6.07, 6.45) is 5.68. The van der Waals surface area contributed by atoms with Gasteiger partial charge in [-0.05, 0) is 74.8 Å². The summed E-state index contributed by atoms with van der Waals surface area (Å²) in [7, 11) is 0. The number of allylic oxidation sites excluding steroid dienone is 2. The van der Waals surface area contributed by atoms with E-state index in [1.165, 1.54) is 16.7 Å². The van der Waals surface area contributed by atoms with Crippen LogP contribution in [0, 0.1) is 33.6 Å². The van der Waals surface area contributed by atoms with Crippen LogP contribution in [-0.4, -0.2) is 5.78 Å². The Hall–Kier alpha value is -2.15. The maximum atomic E-state index is 13.0. The molecule has 126 valence electrons. The van der Waals surface area contributed by atoms with Gasteiger partial charge in [0, 0.05) is 12.0 Å². The largest absolute Gasteiger partial charge is 0.294 e. The zero-order valence-electron chi connectivity index (χ0n) is 15.5. The lowest BCUT2D eigenvalue weighted by molar-refractivity contribution is 0.0968. The first-order valence-electron chi connectivity index (χ1n) is 8.71. The zero-order chi connectivity index (χ0) is 17.7. The molecule has 1 unspecified atom stereocenters. The molecular formula is C23H28O. The number of carbonyl (C=O) groups excluding carboxylic acids is 1. The highest BCUT2D eigenvalue weighted by Gasteiger charge is 2.19. The molecule has 2 aromatic carbocycles. The van der Waals surface area contributed by atoms with Crippen LogP contribution in [0.3, 0.4) is 0 Å².